The smallest absolute Gasteiger partial charge is 0.263 e. The molecule has 0 aliphatic rings. The summed E-state index contributed by atoms with van der Waals surface area (Å²) in [5, 5.41) is 1.42. The van der Waals surface area contributed by atoms with Gasteiger partial charge in [-0.3, -0.25) is 9.36 Å². The lowest BCUT2D eigenvalue weighted by Crippen LogP contribution is -2.42. The number of rotatable bonds is 4. The molecular formula is C19H19BrClN2O2+. The molecule has 0 aliphatic heterocycles. The highest BCUT2D eigenvalue weighted by Gasteiger charge is 2.23. The summed E-state index contributed by atoms with van der Waals surface area (Å²) in [6, 6.07) is 12.8. The summed E-state index contributed by atoms with van der Waals surface area (Å²) < 4.78 is 2.69. The van der Waals surface area contributed by atoms with Gasteiger partial charge >= 0.3 is 0 Å². The van der Waals surface area contributed by atoms with Crippen LogP contribution in [0, 0.1) is 0 Å². The summed E-state index contributed by atoms with van der Waals surface area (Å²) in [6.07, 6.45) is 1.73. The molecule has 0 atom stereocenters. The van der Waals surface area contributed by atoms with Crippen LogP contribution in [0.15, 0.2) is 53.1 Å². The zero-order valence-electron chi connectivity index (χ0n) is 14.3. The van der Waals surface area contributed by atoms with E-state index in [1.54, 1.807) is 29.0 Å². The maximum atomic E-state index is 13.1. The molecule has 0 N–H and O–H groups in total. The van der Waals surface area contributed by atoms with Crippen LogP contribution in [0.1, 0.15) is 17.3 Å². The van der Waals surface area contributed by atoms with Gasteiger partial charge in [-0.1, -0.05) is 23.7 Å². The lowest BCUT2D eigenvalue weighted by atomic mass is 10.2. The number of benzene rings is 2. The Hall–Kier alpha value is -1.82. The van der Waals surface area contributed by atoms with Crippen molar-refractivity contribution in [3.63, 3.8) is 0 Å². The van der Waals surface area contributed by atoms with Crippen LogP contribution in [0.3, 0.4) is 0 Å². The topological polar surface area (TPSA) is 31.2 Å². The first-order valence-corrected chi connectivity index (χ1v) is 9.12. The van der Waals surface area contributed by atoms with Gasteiger partial charge in [-0.2, -0.15) is 0 Å². The van der Waals surface area contributed by atoms with E-state index >= 15 is 0 Å². The average Bonchev–Trinajstić information content (AvgIpc) is 2.91. The fourth-order valence-electron chi connectivity index (χ4n) is 2.50. The number of quaternary nitrogens is 1. The Morgan fingerprint density at radius 2 is 1.96 bits per heavy atom. The van der Waals surface area contributed by atoms with Crippen LogP contribution >= 0.6 is 27.5 Å². The van der Waals surface area contributed by atoms with E-state index in [1.807, 2.05) is 45.3 Å². The number of hydroxylamine groups is 3. The van der Waals surface area contributed by atoms with Crippen molar-refractivity contribution < 1.29 is 14.3 Å². The zero-order valence-corrected chi connectivity index (χ0v) is 16.6. The molecule has 4 nitrogen and oxygen atoms in total. The van der Waals surface area contributed by atoms with Gasteiger partial charge in [-0.25, -0.2) is 0 Å². The van der Waals surface area contributed by atoms with E-state index in [2.05, 4.69) is 15.9 Å². The van der Waals surface area contributed by atoms with Gasteiger partial charge in [0.2, 0.25) is 5.75 Å². The highest BCUT2D eigenvalue weighted by molar-refractivity contribution is 9.10. The van der Waals surface area contributed by atoms with E-state index in [0.717, 1.165) is 21.9 Å². The van der Waals surface area contributed by atoms with Crippen molar-refractivity contribution in [3.8, 4) is 5.75 Å². The standard InChI is InChI=1S/C19H19BrClN2O2/c1-4-23(2,3)25-18-12-22(17-11-13(21)9-10-15(17)18)19(24)14-7-5-6-8-16(14)20/h5-12H,4H2,1-3H3/q+1. The summed E-state index contributed by atoms with van der Waals surface area (Å²) in [7, 11) is 3.93. The first-order chi connectivity index (χ1) is 11.8. The van der Waals surface area contributed by atoms with Gasteiger partial charge in [0.15, 0.2) is 0 Å². The molecule has 0 saturated heterocycles. The van der Waals surface area contributed by atoms with Crippen molar-refractivity contribution in [2.75, 3.05) is 20.6 Å². The minimum Gasteiger partial charge on any atom is -0.313 e. The normalized spacial score (nSPS) is 11.7. The number of fused-ring (bicyclic) bond motifs is 1. The Morgan fingerprint density at radius 3 is 2.64 bits per heavy atom. The molecule has 3 aromatic rings. The van der Waals surface area contributed by atoms with Gasteiger partial charge < -0.3 is 4.84 Å². The van der Waals surface area contributed by atoms with Gasteiger partial charge in [0.25, 0.3) is 5.91 Å². The van der Waals surface area contributed by atoms with Crippen LogP contribution in [-0.4, -0.2) is 35.8 Å². The Morgan fingerprint density at radius 1 is 1.24 bits per heavy atom. The van der Waals surface area contributed by atoms with E-state index < -0.39 is 0 Å². The Balaban J connectivity index is 2.17. The molecule has 0 bridgehead atoms. The molecule has 0 radical (unpaired) electrons. The minimum atomic E-state index is -0.142. The molecule has 25 heavy (non-hydrogen) atoms. The highest BCUT2D eigenvalue weighted by atomic mass is 79.9. The summed E-state index contributed by atoms with van der Waals surface area (Å²) in [5.41, 5.74) is 1.30. The molecule has 2 aromatic carbocycles. The molecule has 0 saturated carbocycles. The highest BCUT2D eigenvalue weighted by Crippen LogP contribution is 2.32. The summed E-state index contributed by atoms with van der Waals surface area (Å²) in [5.74, 6) is 0.510. The monoisotopic (exact) mass is 421 g/mol. The summed E-state index contributed by atoms with van der Waals surface area (Å²) >= 11 is 9.61. The van der Waals surface area contributed by atoms with Crippen molar-refractivity contribution in [1.29, 1.82) is 0 Å². The van der Waals surface area contributed by atoms with Gasteiger partial charge in [0, 0.05) is 14.9 Å². The van der Waals surface area contributed by atoms with Gasteiger partial charge in [0.05, 0.1) is 17.3 Å². The van der Waals surface area contributed by atoms with E-state index in [-0.39, 0.29) is 5.91 Å². The molecule has 0 spiro atoms. The lowest BCUT2D eigenvalue weighted by molar-refractivity contribution is -1.05. The number of carbonyl (C=O) groups is 1. The molecule has 0 fully saturated rings. The van der Waals surface area contributed by atoms with Gasteiger partial charge in [0.1, 0.15) is 20.6 Å². The van der Waals surface area contributed by atoms with Crippen LogP contribution in [0.25, 0.3) is 10.9 Å². The second-order valence-electron chi connectivity index (χ2n) is 6.29. The van der Waals surface area contributed by atoms with Crippen molar-refractivity contribution in [3.05, 3.63) is 63.7 Å². The molecule has 3 rings (SSSR count). The second-order valence-corrected chi connectivity index (χ2v) is 7.58. The third kappa shape index (κ3) is 3.59. The minimum absolute atomic E-state index is 0.142. The van der Waals surface area contributed by atoms with Crippen LogP contribution in [0.2, 0.25) is 5.02 Å². The summed E-state index contributed by atoms with van der Waals surface area (Å²) in [6.45, 7) is 2.83. The largest absolute Gasteiger partial charge is 0.313 e. The molecule has 6 heteroatoms. The van der Waals surface area contributed by atoms with E-state index in [4.69, 9.17) is 16.4 Å². The first-order valence-electron chi connectivity index (χ1n) is 7.95. The SMILES string of the molecule is CC[N+](C)(C)Oc1cn(C(=O)c2ccccc2Br)c2cc(Cl)ccc12. The molecular weight excluding hydrogens is 404 g/mol. The first kappa shape index (κ1) is 18.0. The molecule has 1 heterocycles. The van der Waals surface area contributed by atoms with Crippen molar-refractivity contribution in [1.82, 2.24) is 4.57 Å². The van der Waals surface area contributed by atoms with Gasteiger partial charge in [-0.05, 0) is 53.2 Å². The van der Waals surface area contributed by atoms with Crippen LogP contribution < -0.4 is 4.84 Å². The fraction of sp³-hybridized carbons (Fsp3) is 0.211. The maximum absolute atomic E-state index is 13.1. The number of aromatic nitrogens is 1. The van der Waals surface area contributed by atoms with Crippen LogP contribution in [-0.2, 0) is 0 Å². The van der Waals surface area contributed by atoms with E-state index in [1.165, 1.54) is 0 Å². The number of halogens is 2. The second kappa shape index (κ2) is 6.83. The van der Waals surface area contributed by atoms with E-state index in [9.17, 15) is 4.79 Å². The Labute approximate surface area is 160 Å². The van der Waals surface area contributed by atoms with Gasteiger partial charge in [-0.15, -0.1) is 4.65 Å². The third-order valence-electron chi connectivity index (χ3n) is 4.16. The quantitative estimate of drug-likeness (QED) is 0.431. The zero-order chi connectivity index (χ0) is 18.2. The maximum Gasteiger partial charge on any atom is 0.263 e. The van der Waals surface area contributed by atoms with Crippen LogP contribution in [0.5, 0.6) is 5.75 Å². The number of hydrogen-bond acceptors (Lipinski definition) is 2. The Bertz CT molecular complexity index is 950. The lowest BCUT2D eigenvalue weighted by Gasteiger charge is -2.25. The molecule has 1 aromatic heterocycles. The predicted octanol–water partition coefficient (Wildman–Crippen LogP) is 5.14. The Kier molecular flexibility index (Phi) is 4.91. The molecule has 0 aliphatic carbocycles. The van der Waals surface area contributed by atoms with Crippen LogP contribution in [0.4, 0.5) is 0 Å². The van der Waals surface area contributed by atoms with Crippen molar-refractivity contribution in [2.24, 2.45) is 0 Å². The molecule has 0 amide bonds. The third-order valence-corrected chi connectivity index (χ3v) is 5.09. The average molecular weight is 423 g/mol. The predicted molar refractivity (Wildman–Crippen MR) is 104 cm³/mol. The van der Waals surface area contributed by atoms with Crippen molar-refractivity contribution >= 4 is 44.3 Å². The molecule has 130 valence electrons. The number of nitrogens with zero attached hydrogens (tertiary/aromatic N) is 2. The fourth-order valence-corrected chi connectivity index (χ4v) is 3.13. The number of hydrogen-bond donors (Lipinski definition) is 0. The van der Waals surface area contributed by atoms with E-state index in [0.29, 0.717) is 21.0 Å². The molecule has 0 unspecified atom stereocenters. The van der Waals surface area contributed by atoms with Crippen molar-refractivity contribution in [2.45, 2.75) is 6.92 Å². The number of carbonyl (C=O) groups excluding carboxylic acids is 1. The summed E-state index contributed by atoms with van der Waals surface area (Å²) in [4.78, 5) is 19.2.